The summed E-state index contributed by atoms with van der Waals surface area (Å²) in [4.78, 5) is 28.3. The number of carbonyl (C=O) groups is 2. The third-order valence-corrected chi connectivity index (χ3v) is 5.73. The number of carboxylic acid groups (broad SMARTS) is 1. The lowest BCUT2D eigenvalue weighted by Gasteiger charge is -2.24. The van der Waals surface area contributed by atoms with Crippen LogP contribution in [0.25, 0.3) is 21.6 Å². The molecule has 2 aliphatic rings. The van der Waals surface area contributed by atoms with E-state index < -0.39 is 24.0 Å². The largest absolute Gasteiger partial charge is 0.480 e. The van der Waals surface area contributed by atoms with E-state index in [9.17, 15) is 14.7 Å². The van der Waals surface area contributed by atoms with Gasteiger partial charge in [-0.2, -0.15) is 0 Å². The van der Waals surface area contributed by atoms with Gasteiger partial charge in [-0.15, -0.1) is 0 Å². The molecular weight excluding hydrogens is 372 g/mol. The Labute approximate surface area is 167 Å². The van der Waals surface area contributed by atoms with Crippen LogP contribution in [0.5, 0.6) is 0 Å². The normalized spacial score (nSPS) is 19.9. The van der Waals surface area contributed by atoms with Crippen LogP contribution in [0, 0.1) is 5.92 Å². The maximum absolute atomic E-state index is 12.7. The van der Waals surface area contributed by atoms with Gasteiger partial charge < -0.3 is 9.84 Å². The van der Waals surface area contributed by atoms with E-state index in [0.717, 1.165) is 22.3 Å². The number of ether oxygens (including phenoxy) is 1. The predicted molar refractivity (Wildman–Crippen MR) is 105 cm³/mol. The summed E-state index contributed by atoms with van der Waals surface area (Å²) in [7, 11) is 0. The molecule has 0 spiro atoms. The average Bonchev–Trinajstić information content (AvgIpc) is 3.30. The van der Waals surface area contributed by atoms with Crippen molar-refractivity contribution in [2.75, 3.05) is 19.7 Å². The summed E-state index contributed by atoms with van der Waals surface area (Å²) in [6.07, 6.45) is -0.192. The van der Waals surface area contributed by atoms with E-state index >= 15 is 0 Å². The minimum atomic E-state index is -1.12. The Balaban J connectivity index is 1.50. The fourth-order valence-corrected chi connectivity index (χ4v) is 4.41. The molecule has 0 bridgehead atoms. The molecule has 2 atom stereocenters. The number of hydrogen-bond donors (Lipinski definition) is 1. The molecule has 8 heteroatoms. The van der Waals surface area contributed by atoms with Gasteiger partial charge in [0.2, 0.25) is 0 Å². The third kappa shape index (κ3) is 3.39. The molecule has 148 valence electrons. The molecule has 1 aliphatic heterocycles. The zero-order valence-corrected chi connectivity index (χ0v) is 15.6. The first-order valence-corrected chi connectivity index (χ1v) is 9.47. The number of benzene rings is 2. The van der Waals surface area contributed by atoms with E-state index in [1.54, 1.807) is 0 Å². The smallest absolute Gasteiger partial charge is 0.410 e. The second kappa shape index (κ2) is 7.85. The highest BCUT2D eigenvalue weighted by Gasteiger charge is 2.42. The molecule has 8 nitrogen and oxygen atoms in total. The van der Waals surface area contributed by atoms with Crippen LogP contribution in [0.1, 0.15) is 23.5 Å². The van der Waals surface area contributed by atoms with Crippen LogP contribution in [-0.2, 0) is 9.53 Å². The Morgan fingerprint density at radius 1 is 1.14 bits per heavy atom. The molecule has 1 aliphatic carbocycles. The molecule has 2 aromatic rings. The lowest BCUT2D eigenvalue weighted by atomic mass is 9.98. The number of likely N-dealkylation sites (tertiary alicyclic amines) is 1. The number of rotatable bonds is 5. The van der Waals surface area contributed by atoms with E-state index in [2.05, 4.69) is 22.2 Å². The van der Waals surface area contributed by atoms with E-state index in [4.69, 9.17) is 10.3 Å². The van der Waals surface area contributed by atoms with E-state index in [1.165, 1.54) is 4.90 Å². The Morgan fingerprint density at radius 3 is 2.34 bits per heavy atom. The lowest BCUT2D eigenvalue weighted by molar-refractivity contribution is -0.142. The van der Waals surface area contributed by atoms with Crippen molar-refractivity contribution in [3.8, 4) is 11.1 Å². The second-order valence-electron chi connectivity index (χ2n) is 7.24. The minimum Gasteiger partial charge on any atom is -0.480 e. The number of hydrogen-bond acceptors (Lipinski definition) is 4. The summed E-state index contributed by atoms with van der Waals surface area (Å²) in [5, 5.41) is 13.0. The SMILES string of the molecule is [N-]=[N+]=NCC1CCN(C(=O)OCC2c3ccccc3-c3ccccc32)C1C(=O)O. The molecule has 0 saturated carbocycles. The molecule has 1 saturated heterocycles. The maximum Gasteiger partial charge on any atom is 0.410 e. The number of aliphatic carboxylic acids is 1. The molecule has 1 fully saturated rings. The standard InChI is InChI=1S/C21H20N4O4/c22-24-23-11-13-9-10-25(19(13)20(26)27)21(28)29-12-18-16-7-3-1-5-14(16)15-6-2-4-8-17(15)18/h1-8,13,18-19H,9-12H2,(H,26,27). The molecule has 1 heterocycles. The summed E-state index contributed by atoms with van der Waals surface area (Å²) in [6, 6.07) is 15.0. The van der Waals surface area contributed by atoms with Crippen molar-refractivity contribution in [1.82, 2.24) is 4.90 Å². The highest BCUT2D eigenvalue weighted by atomic mass is 16.6. The van der Waals surface area contributed by atoms with Crippen LogP contribution in [-0.4, -0.2) is 47.8 Å². The molecule has 29 heavy (non-hydrogen) atoms. The molecule has 0 radical (unpaired) electrons. The van der Waals surface area contributed by atoms with Crippen molar-refractivity contribution in [2.45, 2.75) is 18.4 Å². The molecule has 1 N–H and O–H groups in total. The van der Waals surface area contributed by atoms with Gasteiger partial charge in [0.1, 0.15) is 12.6 Å². The van der Waals surface area contributed by atoms with E-state index in [0.29, 0.717) is 6.42 Å². The fourth-order valence-electron chi connectivity index (χ4n) is 4.41. The highest BCUT2D eigenvalue weighted by Crippen LogP contribution is 2.44. The summed E-state index contributed by atoms with van der Waals surface area (Å²) in [6.45, 7) is 0.441. The van der Waals surface area contributed by atoms with Crippen molar-refractivity contribution < 1.29 is 19.4 Å². The number of amides is 1. The molecule has 2 aromatic carbocycles. The Morgan fingerprint density at radius 2 is 1.76 bits per heavy atom. The zero-order chi connectivity index (χ0) is 20.4. The Bertz CT molecular complexity index is 956. The predicted octanol–water partition coefficient (Wildman–Crippen LogP) is 4.02. The van der Waals surface area contributed by atoms with Crippen LogP contribution in [0.4, 0.5) is 4.79 Å². The zero-order valence-electron chi connectivity index (χ0n) is 15.6. The van der Waals surface area contributed by atoms with Crippen molar-refractivity contribution in [1.29, 1.82) is 0 Å². The molecule has 2 unspecified atom stereocenters. The Kier molecular flexibility index (Phi) is 5.10. The van der Waals surface area contributed by atoms with Crippen molar-refractivity contribution in [3.05, 3.63) is 70.1 Å². The first-order chi connectivity index (χ1) is 14.1. The van der Waals surface area contributed by atoms with Gasteiger partial charge in [0, 0.05) is 23.9 Å². The number of carboxylic acids is 1. The Hall–Kier alpha value is -3.51. The van der Waals surface area contributed by atoms with E-state index in [1.807, 2.05) is 36.4 Å². The van der Waals surface area contributed by atoms with Crippen LogP contribution in [0.15, 0.2) is 53.6 Å². The van der Waals surface area contributed by atoms with Gasteiger partial charge >= 0.3 is 12.1 Å². The number of carbonyl (C=O) groups excluding carboxylic acids is 1. The first-order valence-electron chi connectivity index (χ1n) is 9.47. The second-order valence-corrected chi connectivity index (χ2v) is 7.24. The lowest BCUT2D eigenvalue weighted by Crippen LogP contribution is -2.44. The summed E-state index contributed by atoms with van der Waals surface area (Å²) in [5.41, 5.74) is 12.9. The molecule has 4 rings (SSSR count). The molecular formula is C21H20N4O4. The summed E-state index contributed by atoms with van der Waals surface area (Å²) >= 11 is 0. The monoisotopic (exact) mass is 392 g/mol. The van der Waals surface area contributed by atoms with Crippen LogP contribution in [0.3, 0.4) is 0 Å². The average molecular weight is 392 g/mol. The summed E-state index contributed by atoms with van der Waals surface area (Å²) in [5.74, 6) is -1.62. The highest BCUT2D eigenvalue weighted by molar-refractivity contribution is 5.82. The van der Waals surface area contributed by atoms with Crippen LogP contribution in [0.2, 0.25) is 0 Å². The van der Waals surface area contributed by atoms with Crippen molar-refractivity contribution >= 4 is 12.1 Å². The van der Waals surface area contributed by atoms with Gasteiger partial charge in [-0.05, 0) is 40.1 Å². The first kappa shape index (κ1) is 18.8. The molecule has 1 amide bonds. The van der Waals surface area contributed by atoms with Gasteiger partial charge in [0.15, 0.2) is 0 Å². The number of fused-ring (bicyclic) bond motifs is 3. The van der Waals surface area contributed by atoms with E-state index in [-0.39, 0.29) is 25.6 Å². The number of azide groups is 1. The van der Waals surface area contributed by atoms with Gasteiger partial charge in [-0.3, -0.25) is 4.90 Å². The fraction of sp³-hybridized carbons (Fsp3) is 0.333. The van der Waals surface area contributed by atoms with Gasteiger partial charge in [-0.25, -0.2) is 9.59 Å². The minimum absolute atomic E-state index is 0.0423. The quantitative estimate of drug-likeness (QED) is 0.470. The van der Waals surface area contributed by atoms with Crippen molar-refractivity contribution in [2.24, 2.45) is 11.0 Å². The van der Waals surface area contributed by atoms with Gasteiger partial charge in [0.25, 0.3) is 0 Å². The van der Waals surface area contributed by atoms with Gasteiger partial charge in [0.05, 0.1) is 0 Å². The molecule has 0 aromatic heterocycles. The van der Waals surface area contributed by atoms with Gasteiger partial charge in [-0.1, -0.05) is 53.6 Å². The van der Waals surface area contributed by atoms with Crippen LogP contribution >= 0.6 is 0 Å². The summed E-state index contributed by atoms with van der Waals surface area (Å²) < 4.78 is 5.58. The number of nitrogens with zero attached hydrogens (tertiary/aromatic N) is 4. The topological polar surface area (TPSA) is 116 Å². The van der Waals surface area contributed by atoms with Crippen molar-refractivity contribution in [3.63, 3.8) is 0 Å². The maximum atomic E-state index is 12.7. The third-order valence-electron chi connectivity index (χ3n) is 5.73. The van der Waals surface area contributed by atoms with Crippen LogP contribution < -0.4 is 0 Å².